The standard InChI is InChI=1S/C17H29NO3Si/c1-9-11-18-13(14(19)16(18)20)15(12(3)10-2)21-22(7,8)17(4,5)6/h9,13-15,19H,1-2,11H2,3-8H3/t13-,14-,15-/m1/s1. The van der Waals surface area contributed by atoms with Crippen LogP contribution in [0.3, 0.4) is 0 Å². The molecule has 5 heteroatoms. The van der Waals surface area contributed by atoms with Crippen LogP contribution in [0, 0.1) is 0 Å². The summed E-state index contributed by atoms with van der Waals surface area (Å²) in [6.07, 6.45) is 0.247. The van der Waals surface area contributed by atoms with Crippen molar-refractivity contribution in [3.8, 4) is 0 Å². The van der Waals surface area contributed by atoms with Crippen LogP contribution in [0.25, 0.3) is 0 Å². The van der Waals surface area contributed by atoms with Crippen LogP contribution >= 0.6 is 0 Å². The Morgan fingerprint density at radius 3 is 2.50 bits per heavy atom. The van der Waals surface area contributed by atoms with Gasteiger partial charge in [0, 0.05) is 6.54 Å². The molecule has 1 heterocycles. The van der Waals surface area contributed by atoms with E-state index in [9.17, 15) is 9.90 Å². The molecule has 0 radical (unpaired) electrons. The Labute approximate surface area is 135 Å². The van der Waals surface area contributed by atoms with Crippen molar-refractivity contribution in [2.24, 2.45) is 0 Å². The number of amides is 1. The lowest BCUT2D eigenvalue weighted by Crippen LogP contribution is -2.70. The van der Waals surface area contributed by atoms with E-state index in [1.54, 1.807) is 11.0 Å². The predicted octanol–water partition coefficient (Wildman–Crippen LogP) is 2.87. The zero-order valence-electron chi connectivity index (χ0n) is 14.6. The van der Waals surface area contributed by atoms with E-state index in [1.807, 2.05) is 6.92 Å². The zero-order valence-corrected chi connectivity index (χ0v) is 15.6. The normalized spacial score (nSPS) is 23.6. The molecule has 1 fully saturated rings. The van der Waals surface area contributed by atoms with Crippen molar-refractivity contribution < 1.29 is 14.3 Å². The Morgan fingerprint density at radius 2 is 2.09 bits per heavy atom. The number of hydrogen-bond acceptors (Lipinski definition) is 3. The van der Waals surface area contributed by atoms with Crippen LogP contribution in [0.2, 0.25) is 18.1 Å². The van der Waals surface area contributed by atoms with E-state index < -0.39 is 20.5 Å². The van der Waals surface area contributed by atoms with Gasteiger partial charge >= 0.3 is 0 Å². The highest BCUT2D eigenvalue weighted by atomic mass is 28.4. The van der Waals surface area contributed by atoms with Crippen LogP contribution in [0.15, 0.2) is 30.5 Å². The van der Waals surface area contributed by atoms with Gasteiger partial charge in [0.1, 0.15) is 0 Å². The molecular formula is C17H29NO3Si. The lowest BCUT2D eigenvalue weighted by atomic mass is 9.89. The summed E-state index contributed by atoms with van der Waals surface area (Å²) in [5, 5.41) is 10.2. The molecule has 3 atom stereocenters. The van der Waals surface area contributed by atoms with Crippen LogP contribution in [0.1, 0.15) is 27.7 Å². The molecule has 0 aliphatic carbocycles. The largest absolute Gasteiger partial charge is 0.407 e. The molecule has 1 aliphatic rings. The highest BCUT2D eigenvalue weighted by molar-refractivity contribution is 6.74. The first-order chi connectivity index (χ1) is 9.97. The Balaban J connectivity index is 3.12. The van der Waals surface area contributed by atoms with Crippen molar-refractivity contribution in [2.45, 2.75) is 64.1 Å². The molecule has 124 valence electrons. The molecule has 0 aromatic carbocycles. The molecule has 1 saturated heterocycles. The van der Waals surface area contributed by atoms with Crippen molar-refractivity contribution >= 4 is 14.2 Å². The van der Waals surface area contributed by atoms with Gasteiger partial charge in [-0.25, -0.2) is 0 Å². The molecule has 1 N–H and O–H groups in total. The molecular weight excluding hydrogens is 294 g/mol. The fraction of sp³-hybridized carbons (Fsp3) is 0.647. The number of aliphatic hydroxyl groups is 1. The molecule has 1 aliphatic heterocycles. The summed E-state index contributed by atoms with van der Waals surface area (Å²) in [5.74, 6) is -0.273. The van der Waals surface area contributed by atoms with Gasteiger partial charge in [-0.1, -0.05) is 33.4 Å². The van der Waals surface area contributed by atoms with E-state index in [2.05, 4.69) is 52.8 Å². The predicted molar refractivity (Wildman–Crippen MR) is 92.1 cm³/mol. The molecule has 0 bridgehead atoms. The van der Waals surface area contributed by atoms with E-state index in [1.165, 1.54) is 0 Å². The van der Waals surface area contributed by atoms with E-state index in [0.717, 1.165) is 5.57 Å². The van der Waals surface area contributed by atoms with Crippen molar-refractivity contribution in [3.63, 3.8) is 0 Å². The summed E-state index contributed by atoms with van der Waals surface area (Å²) >= 11 is 0. The number of aliphatic hydroxyl groups excluding tert-OH is 1. The van der Waals surface area contributed by atoms with E-state index in [0.29, 0.717) is 6.54 Å². The average Bonchev–Trinajstić information content (AvgIpc) is 2.42. The van der Waals surface area contributed by atoms with Gasteiger partial charge in [-0.15, -0.1) is 12.3 Å². The number of likely N-dealkylation sites (tertiary alicyclic amines) is 1. The fourth-order valence-electron chi connectivity index (χ4n) is 2.24. The molecule has 0 aromatic heterocycles. The third kappa shape index (κ3) is 3.44. The van der Waals surface area contributed by atoms with Gasteiger partial charge in [-0.2, -0.15) is 0 Å². The molecule has 0 unspecified atom stereocenters. The van der Waals surface area contributed by atoms with Gasteiger partial charge in [-0.3, -0.25) is 4.79 Å². The zero-order chi connectivity index (χ0) is 17.3. The molecule has 22 heavy (non-hydrogen) atoms. The molecule has 1 amide bonds. The van der Waals surface area contributed by atoms with Crippen LogP contribution in [-0.4, -0.2) is 49.0 Å². The molecule has 0 saturated carbocycles. The monoisotopic (exact) mass is 323 g/mol. The summed E-state index contributed by atoms with van der Waals surface area (Å²) in [5.41, 5.74) is 3.69. The van der Waals surface area contributed by atoms with Gasteiger partial charge in [0.05, 0.1) is 12.1 Å². The highest BCUT2D eigenvalue weighted by Crippen LogP contribution is 2.40. The van der Waals surface area contributed by atoms with E-state index in [4.69, 9.17) is 4.43 Å². The van der Waals surface area contributed by atoms with Crippen molar-refractivity contribution in [1.82, 2.24) is 4.90 Å². The van der Waals surface area contributed by atoms with E-state index >= 15 is 0 Å². The number of hydrogen-bond donors (Lipinski definition) is 1. The highest BCUT2D eigenvalue weighted by Gasteiger charge is 2.53. The minimum atomic E-state index is -2.06. The van der Waals surface area contributed by atoms with Crippen molar-refractivity contribution in [1.29, 1.82) is 0 Å². The summed E-state index contributed by atoms with van der Waals surface area (Å²) in [4.78, 5) is 13.5. The average molecular weight is 324 g/mol. The summed E-state index contributed by atoms with van der Waals surface area (Å²) < 4.78 is 6.47. The fourth-order valence-corrected chi connectivity index (χ4v) is 3.54. The smallest absolute Gasteiger partial charge is 0.254 e. The van der Waals surface area contributed by atoms with Crippen LogP contribution in [0.4, 0.5) is 0 Å². The van der Waals surface area contributed by atoms with Gasteiger partial charge in [0.15, 0.2) is 14.4 Å². The van der Waals surface area contributed by atoms with E-state index in [-0.39, 0.29) is 17.0 Å². The Hall–Kier alpha value is -1.13. The van der Waals surface area contributed by atoms with Crippen molar-refractivity contribution in [2.75, 3.05) is 6.54 Å². The van der Waals surface area contributed by atoms with Gasteiger partial charge in [-0.05, 0) is 30.6 Å². The van der Waals surface area contributed by atoms with Crippen LogP contribution in [-0.2, 0) is 9.22 Å². The quantitative estimate of drug-likeness (QED) is 0.354. The second kappa shape index (κ2) is 6.55. The first-order valence-electron chi connectivity index (χ1n) is 7.61. The molecule has 0 aromatic rings. The number of nitrogens with zero attached hydrogens (tertiary/aromatic N) is 1. The first-order valence-corrected chi connectivity index (χ1v) is 10.5. The lowest BCUT2D eigenvalue weighted by Gasteiger charge is -2.50. The summed E-state index contributed by atoms with van der Waals surface area (Å²) in [7, 11) is -2.06. The van der Waals surface area contributed by atoms with Gasteiger partial charge in [0.25, 0.3) is 5.91 Å². The molecule has 1 rings (SSSR count). The topological polar surface area (TPSA) is 49.8 Å². The minimum Gasteiger partial charge on any atom is -0.407 e. The van der Waals surface area contributed by atoms with Gasteiger partial charge < -0.3 is 14.4 Å². The third-order valence-electron chi connectivity index (χ3n) is 4.79. The lowest BCUT2D eigenvalue weighted by molar-refractivity contribution is -0.171. The Morgan fingerprint density at radius 1 is 1.55 bits per heavy atom. The summed E-state index contributed by atoms with van der Waals surface area (Å²) in [6, 6.07) is -0.395. The Bertz CT molecular complexity index is 501. The molecule has 4 nitrogen and oxygen atoms in total. The SMILES string of the molecule is C=C=C(C)[C@@H](O[Si](C)(C)C(C)(C)C)[C@H]1[C@@H](O)C(=O)N1CC=C. The second-order valence-corrected chi connectivity index (χ2v) is 12.1. The number of β-lactam (4-membered cyclic amide) rings is 1. The van der Waals surface area contributed by atoms with Gasteiger partial charge in [0.2, 0.25) is 0 Å². The number of carbonyl (C=O) groups is 1. The molecule has 0 spiro atoms. The van der Waals surface area contributed by atoms with Crippen molar-refractivity contribution in [3.05, 3.63) is 30.5 Å². The van der Waals surface area contributed by atoms with Crippen LogP contribution < -0.4 is 0 Å². The minimum absolute atomic E-state index is 0.0364. The first kappa shape index (κ1) is 18.9. The Kier molecular flexibility index (Phi) is 5.63. The maximum Gasteiger partial charge on any atom is 0.254 e. The number of rotatable bonds is 6. The maximum atomic E-state index is 11.9. The van der Waals surface area contributed by atoms with Crippen LogP contribution in [0.5, 0.6) is 0 Å². The third-order valence-corrected chi connectivity index (χ3v) is 9.24. The summed E-state index contributed by atoms with van der Waals surface area (Å²) in [6.45, 7) is 20.4. The number of carbonyl (C=O) groups excluding carboxylic acids is 1. The second-order valence-electron chi connectivity index (χ2n) is 7.37. The maximum absolute atomic E-state index is 11.9.